The summed E-state index contributed by atoms with van der Waals surface area (Å²) in [5.74, 6) is 1.54. The lowest BCUT2D eigenvalue weighted by atomic mass is 10.1. The molecule has 2 saturated heterocycles. The Kier molecular flexibility index (Phi) is 4.96. The standard InChI is InChI=1S/C19H25N5O3/c1-22-17(25)7-6-15(21-22)19(26)24-12-8-14(13-24)27-16-5-4-9-20-18(16)23-10-2-3-11-23/h4-5,9,14H,2-3,6-8,10-13H2,1H3/t14-/m1/s1. The van der Waals surface area contributed by atoms with Crippen molar-refractivity contribution < 1.29 is 14.3 Å². The number of hydrazone groups is 1. The van der Waals surface area contributed by atoms with Crippen molar-refractivity contribution in [3.8, 4) is 5.75 Å². The molecule has 0 N–H and O–H groups in total. The van der Waals surface area contributed by atoms with Gasteiger partial charge in [-0.3, -0.25) is 9.59 Å². The summed E-state index contributed by atoms with van der Waals surface area (Å²) < 4.78 is 6.22. The predicted molar refractivity (Wildman–Crippen MR) is 101 cm³/mol. The lowest BCUT2D eigenvalue weighted by Gasteiger charge is -2.24. The summed E-state index contributed by atoms with van der Waals surface area (Å²) in [5, 5.41) is 5.40. The quantitative estimate of drug-likeness (QED) is 0.796. The van der Waals surface area contributed by atoms with Crippen LogP contribution in [0.4, 0.5) is 5.82 Å². The molecule has 0 radical (unpaired) electrons. The first-order chi connectivity index (χ1) is 13.1. The SMILES string of the molecule is CN1N=C(C(=O)N2CC[C@@H](Oc3cccnc3N3CCCC3)C2)CCC1=O. The van der Waals surface area contributed by atoms with Crippen molar-refractivity contribution in [3.63, 3.8) is 0 Å². The number of anilines is 1. The zero-order valence-corrected chi connectivity index (χ0v) is 15.6. The van der Waals surface area contributed by atoms with Crippen molar-refractivity contribution >= 4 is 23.3 Å². The maximum absolute atomic E-state index is 12.7. The molecule has 27 heavy (non-hydrogen) atoms. The highest BCUT2D eigenvalue weighted by atomic mass is 16.5. The summed E-state index contributed by atoms with van der Waals surface area (Å²) in [5.41, 5.74) is 0.455. The molecular formula is C19H25N5O3. The second-order valence-electron chi connectivity index (χ2n) is 7.26. The monoisotopic (exact) mass is 371 g/mol. The largest absolute Gasteiger partial charge is 0.485 e. The molecule has 0 saturated carbocycles. The molecule has 0 aromatic carbocycles. The molecule has 3 aliphatic heterocycles. The van der Waals surface area contributed by atoms with Crippen LogP contribution in [0.25, 0.3) is 0 Å². The number of carbonyl (C=O) groups excluding carboxylic acids is 2. The van der Waals surface area contributed by atoms with E-state index in [1.54, 1.807) is 18.1 Å². The smallest absolute Gasteiger partial charge is 0.270 e. The first-order valence-electron chi connectivity index (χ1n) is 9.62. The Morgan fingerprint density at radius 1 is 1.22 bits per heavy atom. The van der Waals surface area contributed by atoms with Gasteiger partial charge in [0.1, 0.15) is 11.8 Å². The second-order valence-corrected chi connectivity index (χ2v) is 7.26. The highest BCUT2D eigenvalue weighted by Crippen LogP contribution is 2.30. The van der Waals surface area contributed by atoms with Gasteiger partial charge < -0.3 is 14.5 Å². The molecule has 0 spiro atoms. The molecule has 2 amide bonds. The average molecular weight is 371 g/mol. The fraction of sp³-hybridized carbons (Fsp3) is 0.579. The number of ether oxygens (including phenoxy) is 1. The topological polar surface area (TPSA) is 78.3 Å². The van der Waals surface area contributed by atoms with Crippen molar-refractivity contribution in [1.82, 2.24) is 14.9 Å². The van der Waals surface area contributed by atoms with Gasteiger partial charge in [-0.25, -0.2) is 9.99 Å². The Labute approximate surface area is 158 Å². The van der Waals surface area contributed by atoms with E-state index < -0.39 is 0 Å². The van der Waals surface area contributed by atoms with E-state index in [1.165, 1.54) is 17.9 Å². The zero-order chi connectivity index (χ0) is 18.8. The third-order valence-electron chi connectivity index (χ3n) is 5.34. The number of nitrogens with zero attached hydrogens (tertiary/aromatic N) is 5. The van der Waals surface area contributed by atoms with E-state index >= 15 is 0 Å². The fourth-order valence-corrected chi connectivity index (χ4v) is 3.84. The van der Waals surface area contributed by atoms with Crippen LogP contribution in [0.15, 0.2) is 23.4 Å². The second kappa shape index (κ2) is 7.54. The number of likely N-dealkylation sites (tertiary alicyclic amines) is 1. The van der Waals surface area contributed by atoms with Crippen LogP contribution in [0.1, 0.15) is 32.1 Å². The van der Waals surface area contributed by atoms with E-state index in [-0.39, 0.29) is 17.9 Å². The van der Waals surface area contributed by atoms with Crippen LogP contribution in [0.3, 0.4) is 0 Å². The summed E-state index contributed by atoms with van der Waals surface area (Å²) in [6.45, 7) is 3.19. The molecule has 2 fully saturated rings. The Morgan fingerprint density at radius 2 is 2.04 bits per heavy atom. The summed E-state index contributed by atoms with van der Waals surface area (Å²) in [6, 6.07) is 3.84. The Bertz CT molecular complexity index is 759. The highest BCUT2D eigenvalue weighted by molar-refractivity contribution is 6.39. The van der Waals surface area contributed by atoms with Crippen molar-refractivity contribution in [2.24, 2.45) is 5.10 Å². The lowest BCUT2D eigenvalue weighted by Crippen LogP contribution is -2.40. The molecule has 1 aromatic rings. The van der Waals surface area contributed by atoms with Gasteiger partial charge in [-0.1, -0.05) is 0 Å². The number of rotatable bonds is 4. The minimum Gasteiger partial charge on any atom is -0.485 e. The molecule has 4 heterocycles. The number of amides is 2. The highest BCUT2D eigenvalue weighted by Gasteiger charge is 2.32. The van der Waals surface area contributed by atoms with E-state index in [4.69, 9.17) is 4.74 Å². The third kappa shape index (κ3) is 3.74. The van der Waals surface area contributed by atoms with Crippen LogP contribution in [-0.2, 0) is 9.59 Å². The molecule has 1 aromatic heterocycles. The Hall–Kier alpha value is -2.64. The maximum atomic E-state index is 12.7. The van der Waals surface area contributed by atoms with Crippen molar-refractivity contribution in [3.05, 3.63) is 18.3 Å². The van der Waals surface area contributed by atoms with E-state index in [2.05, 4.69) is 15.0 Å². The van der Waals surface area contributed by atoms with E-state index in [9.17, 15) is 9.59 Å². The zero-order valence-electron chi connectivity index (χ0n) is 15.6. The van der Waals surface area contributed by atoms with Crippen molar-refractivity contribution in [1.29, 1.82) is 0 Å². The molecule has 0 unspecified atom stereocenters. The number of carbonyl (C=O) groups is 2. The molecule has 3 aliphatic rings. The van der Waals surface area contributed by atoms with Crippen LogP contribution in [0.5, 0.6) is 5.75 Å². The molecule has 0 aliphatic carbocycles. The summed E-state index contributed by atoms with van der Waals surface area (Å²) in [4.78, 5) is 32.8. The van der Waals surface area contributed by atoms with Gasteiger partial charge in [0, 0.05) is 52.1 Å². The summed E-state index contributed by atoms with van der Waals surface area (Å²) in [6.07, 6.45) is 5.63. The maximum Gasteiger partial charge on any atom is 0.270 e. The lowest BCUT2D eigenvalue weighted by molar-refractivity contribution is -0.130. The third-order valence-corrected chi connectivity index (χ3v) is 5.34. The van der Waals surface area contributed by atoms with Gasteiger partial charge >= 0.3 is 0 Å². The van der Waals surface area contributed by atoms with Gasteiger partial charge in [-0.2, -0.15) is 5.10 Å². The molecule has 144 valence electrons. The van der Waals surface area contributed by atoms with Gasteiger partial charge in [-0.15, -0.1) is 0 Å². The predicted octanol–water partition coefficient (Wildman–Crippen LogP) is 1.27. The van der Waals surface area contributed by atoms with Gasteiger partial charge in [0.05, 0.1) is 6.54 Å². The van der Waals surface area contributed by atoms with Gasteiger partial charge in [0.25, 0.3) is 5.91 Å². The minimum atomic E-state index is -0.0913. The van der Waals surface area contributed by atoms with E-state index in [1.807, 2.05) is 12.1 Å². The van der Waals surface area contributed by atoms with Crippen LogP contribution in [0, 0.1) is 0 Å². The van der Waals surface area contributed by atoms with Crippen molar-refractivity contribution in [2.75, 3.05) is 38.1 Å². The minimum absolute atomic E-state index is 0.0527. The molecule has 0 bridgehead atoms. The van der Waals surface area contributed by atoms with E-state index in [0.717, 1.165) is 31.1 Å². The van der Waals surface area contributed by atoms with Crippen molar-refractivity contribution in [2.45, 2.75) is 38.2 Å². The number of pyridine rings is 1. The molecular weight excluding hydrogens is 346 g/mol. The molecule has 8 heteroatoms. The average Bonchev–Trinajstić information content (AvgIpc) is 3.36. The summed E-state index contributed by atoms with van der Waals surface area (Å²) in [7, 11) is 1.59. The molecule has 1 atom stereocenters. The molecule has 4 rings (SSSR count). The van der Waals surface area contributed by atoms with E-state index in [0.29, 0.717) is 31.6 Å². The Balaban J connectivity index is 1.40. The van der Waals surface area contributed by atoms with Crippen LogP contribution >= 0.6 is 0 Å². The number of hydrogen-bond acceptors (Lipinski definition) is 6. The Morgan fingerprint density at radius 3 is 2.81 bits per heavy atom. The first kappa shape index (κ1) is 17.8. The van der Waals surface area contributed by atoms with Crippen LogP contribution < -0.4 is 9.64 Å². The summed E-state index contributed by atoms with van der Waals surface area (Å²) >= 11 is 0. The molecule has 8 nitrogen and oxygen atoms in total. The normalized spacial score (nSPS) is 23.0. The fourth-order valence-electron chi connectivity index (χ4n) is 3.84. The number of aromatic nitrogens is 1. The van der Waals surface area contributed by atoms with Gasteiger partial charge in [-0.05, 0) is 25.0 Å². The van der Waals surface area contributed by atoms with Gasteiger partial charge in [0.15, 0.2) is 11.6 Å². The number of hydrogen-bond donors (Lipinski definition) is 0. The van der Waals surface area contributed by atoms with Gasteiger partial charge in [0.2, 0.25) is 5.91 Å². The first-order valence-corrected chi connectivity index (χ1v) is 9.62. The van der Waals surface area contributed by atoms with Crippen LogP contribution in [0.2, 0.25) is 0 Å². The van der Waals surface area contributed by atoms with Crippen LogP contribution in [-0.4, -0.2) is 71.7 Å².